The third-order valence-electron chi connectivity index (χ3n) is 3.57. The van der Waals surface area contributed by atoms with Gasteiger partial charge in [0.1, 0.15) is 5.75 Å². The average Bonchev–Trinajstić information content (AvgIpc) is 2.52. The molecule has 0 aliphatic heterocycles. The lowest BCUT2D eigenvalue weighted by atomic mass is 10.0. The number of rotatable bonds is 11. The monoisotopic (exact) mass is 308 g/mol. The van der Waals surface area contributed by atoms with E-state index >= 15 is 0 Å². The van der Waals surface area contributed by atoms with Crippen molar-refractivity contribution in [1.82, 2.24) is 0 Å². The zero-order chi connectivity index (χ0) is 16.5. The number of methoxy groups -OCH3 is 1. The average molecular weight is 309 g/mol. The molecule has 22 heavy (non-hydrogen) atoms. The molecule has 0 radical (unpaired) electrons. The van der Waals surface area contributed by atoms with Crippen LogP contribution in [-0.4, -0.2) is 20.8 Å². The molecular formula is C20H36O2. The van der Waals surface area contributed by atoms with Gasteiger partial charge in [0.2, 0.25) is 0 Å². The maximum absolute atomic E-state index is 5.66. The van der Waals surface area contributed by atoms with Crippen LogP contribution in [0.25, 0.3) is 0 Å². The van der Waals surface area contributed by atoms with E-state index in [1.165, 1.54) is 56.9 Å². The number of hydrogen-bond acceptors (Lipinski definition) is 2. The van der Waals surface area contributed by atoms with Crippen molar-refractivity contribution >= 4 is 0 Å². The molecule has 0 aliphatic carbocycles. The smallest absolute Gasteiger partial charge is 0.122 e. The van der Waals surface area contributed by atoms with Crippen LogP contribution in [0.3, 0.4) is 0 Å². The second kappa shape index (κ2) is 16.4. The van der Waals surface area contributed by atoms with Gasteiger partial charge < -0.3 is 9.47 Å². The Morgan fingerprint density at radius 1 is 0.773 bits per heavy atom. The second-order valence-electron chi connectivity index (χ2n) is 5.67. The van der Waals surface area contributed by atoms with E-state index in [2.05, 4.69) is 35.9 Å². The molecule has 0 bridgehead atoms. The highest BCUT2D eigenvalue weighted by Crippen LogP contribution is 2.20. The van der Waals surface area contributed by atoms with E-state index in [9.17, 15) is 0 Å². The molecule has 0 saturated carbocycles. The number of hydrogen-bond donors (Lipinski definition) is 0. The fourth-order valence-electron chi connectivity index (χ4n) is 2.46. The molecule has 1 rings (SSSR count). The molecule has 128 valence electrons. The minimum Gasteiger partial charge on any atom is -0.494 e. The predicted molar refractivity (Wildman–Crippen MR) is 96.9 cm³/mol. The Hall–Kier alpha value is -1.02. The molecule has 2 heteroatoms. The zero-order valence-corrected chi connectivity index (χ0v) is 15.2. The first-order valence-corrected chi connectivity index (χ1v) is 8.90. The summed E-state index contributed by atoms with van der Waals surface area (Å²) in [6.45, 7) is 5.08. The van der Waals surface area contributed by atoms with E-state index in [4.69, 9.17) is 4.74 Å². The molecule has 0 unspecified atom stereocenters. The van der Waals surface area contributed by atoms with Gasteiger partial charge in [-0.15, -0.1) is 0 Å². The van der Waals surface area contributed by atoms with E-state index in [0.29, 0.717) is 0 Å². The number of benzene rings is 1. The molecule has 0 N–H and O–H groups in total. The van der Waals surface area contributed by atoms with Crippen LogP contribution in [0.1, 0.15) is 70.8 Å². The van der Waals surface area contributed by atoms with Gasteiger partial charge in [-0.25, -0.2) is 0 Å². The number of para-hydroxylation sites is 1. The van der Waals surface area contributed by atoms with Gasteiger partial charge in [-0.1, -0.05) is 70.1 Å². The Labute approximate surface area is 138 Å². The SMILES string of the molecule is CCCCCCCCCCc1ccccc1OCC.COC. The molecule has 1 aromatic rings. The maximum Gasteiger partial charge on any atom is 0.122 e. The van der Waals surface area contributed by atoms with Crippen molar-refractivity contribution in [2.24, 2.45) is 0 Å². The summed E-state index contributed by atoms with van der Waals surface area (Å²) < 4.78 is 9.91. The minimum atomic E-state index is 0.758. The first-order valence-electron chi connectivity index (χ1n) is 8.90. The molecular weight excluding hydrogens is 272 g/mol. The lowest BCUT2D eigenvalue weighted by Crippen LogP contribution is -1.96. The summed E-state index contributed by atoms with van der Waals surface area (Å²) in [4.78, 5) is 0. The van der Waals surface area contributed by atoms with E-state index in [1.807, 2.05) is 6.92 Å². The van der Waals surface area contributed by atoms with Crippen molar-refractivity contribution in [3.8, 4) is 5.75 Å². The van der Waals surface area contributed by atoms with Gasteiger partial charge in [0.05, 0.1) is 6.61 Å². The Morgan fingerprint density at radius 2 is 1.32 bits per heavy atom. The van der Waals surface area contributed by atoms with Gasteiger partial charge in [0.15, 0.2) is 0 Å². The first kappa shape index (κ1) is 21.0. The Kier molecular flexibility index (Phi) is 15.6. The van der Waals surface area contributed by atoms with Gasteiger partial charge in [-0.05, 0) is 31.4 Å². The first-order chi connectivity index (χ1) is 10.8. The normalized spacial score (nSPS) is 10.0. The molecule has 0 heterocycles. The van der Waals surface area contributed by atoms with Crippen molar-refractivity contribution in [2.75, 3.05) is 20.8 Å². The number of unbranched alkanes of at least 4 members (excludes halogenated alkanes) is 7. The lowest BCUT2D eigenvalue weighted by Gasteiger charge is -2.09. The highest BCUT2D eigenvalue weighted by molar-refractivity contribution is 5.33. The van der Waals surface area contributed by atoms with Crippen LogP contribution in [-0.2, 0) is 11.2 Å². The molecule has 0 saturated heterocycles. The highest BCUT2D eigenvalue weighted by atomic mass is 16.5. The van der Waals surface area contributed by atoms with Crippen molar-refractivity contribution in [3.05, 3.63) is 29.8 Å². The molecule has 0 fully saturated rings. The predicted octanol–water partition coefficient (Wildman–Crippen LogP) is 6.03. The van der Waals surface area contributed by atoms with Crippen LogP contribution in [0.2, 0.25) is 0 Å². The fourth-order valence-corrected chi connectivity index (χ4v) is 2.46. The number of ether oxygens (including phenoxy) is 2. The fraction of sp³-hybridized carbons (Fsp3) is 0.700. The van der Waals surface area contributed by atoms with Crippen molar-refractivity contribution in [1.29, 1.82) is 0 Å². The summed E-state index contributed by atoms with van der Waals surface area (Å²) in [6.07, 6.45) is 12.2. The summed E-state index contributed by atoms with van der Waals surface area (Å²) in [6, 6.07) is 8.46. The number of aryl methyl sites for hydroxylation is 1. The largest absolute Gasteiger partial charge is 0.494 e. The van der Waals surface area contributed by atoms with Gasteiger partial charge in [0.25, 0.3) is 0 Å². The van der Waals surface area contributed by atoms with Crippen molar-refractivity contribution < 1.29 is 9.47 Å². The van der Waals surface area contributed by atoms with E-state index < -0.39 is 0 Å². The van der Waals surface area contributed by atoms with Gasteiger partial charge >= 0.3 is 0 Å². The van der Waals surface area contributed by atoms with E-state index in [0.717, 1.165) is 18.8 Å². The lowest BCUT2D eigenvalue weighted by molar-refractivity contribution is 0.277. The third-order valence-corrected chi connectivity index (χ3v) is 3.57. The van der Waals surface area contributed by atoms with Crippen molar-refractivity contribution in [3.63, 3.8) is 0 Å². The van der Waals surface area contributed by atoms with Crippen LogP contribution in [0.5, 0.6) is 5.75 Å². The Morgan fingerprint density at radius 3 is 1.91 bits per heavy atom. The summed E-state index contributed by atoms with van der Waals surface area (Å²) in [5.41, 5.74) is 1.37. The van der Waals surface area contributed by atoms with Crippen LogP contribution in [0.15, 0.2) is 24.3 Å². The Bertz CT molecular complexity index is 336. The zero-order valence-electron chi connectivity index (χ0n) is 15.2. The molecule has 0 aromatic heterocycles. The maximum atomic E-state index is 5.66. The van der Waals surface area contributed by atoms with E-state index in [-0.39, 0.29) is 0 Å². The standard InChI is InChI=1S/C18H30O.C2H6O/c1-3-5-6-7-8-9-10-11-14-17-15-12-13-16-18(17)19-4-2;1-3-2/h12-13,15-16H,3-11,14H2,1-2H3;1-2H3. The third kappa shape index (κ3) is 11.6. The molecule has 0 amide bonds. The Balaban J connectivity index is 0.00000135. The van der Waals surface area contributed by atoms with Gasteiger partial charge in [0, 0.05) is 14.2 Å². The van der Waals surface area contributed by atoms with Crippen molar-refractivity contribution in [2.45, 2.75) is 71.6 Å². The molecule has 0 atom stereocenters. The summed E-state index contributed by atoms with van der Waals surface area (Å²) in [5, 5.41) is 0. The second-order valence-corrected chi connectivity index (χ2v) is 5.67. The van der Waals surface area contributed by atoms with Gasteiger partial charge in [-0.3, -0.25) is 0 Å². The van der Waals surface area contributed by atoms with Gasteiger partial charge in [-0.2, -0.15) is 0 Å². The van der Waals surface area contributed by atoms with Crippen LogP contribution >= 0.6 is 0 Å². The molecule has 0 spiro atoms. The van der Waals surface area contributed by atoms with Crippen LogP contribution in [0, 0.1) is 0 Å². The van der Waals surface area contributed by atoms with E-state index in [1.54, 1.807) is 14.2 Å². The highest BCUT2D eigenvalue weighted by Gasteiger charge is 2.01. The quantitative estimate of drug-likeness (QED) is 0.465. The minimum absolute atomic E-state index is 0.758. The van der Waals surface area contributed by atoms with Crippen LogP contribution < -0.4 is 4.74 Å². The summed E-state index contributed by atoms with van der Waals surface area (Å²) in [5.74, 6) is 1.08. The molecule has 0 aliphatic rings. The van der Waals surface area contributed by atoms with Crippen LogP contribution in [0.4, 0.5) is 0 Å². The molecule has 1 aromatic carbocycles. The topological polar surface area (TPSA) is 18.5 Å². The summed E-state index contributed by atoms with van der Waals surface area (Å²) >= 11 is 0. The molecule has 2 nitrogen and oxygen atoms in total. The summed E-state index contributed by atoms with van der Waals surface area (Å²) in [7, 11) is 3.25.